The summed E-state index contributed by atoms with van der Waals surface area (Å²) in [5, 5.41) is 8.42. The minimum absolute atomic E-state index is 0.328. The summed E-state index contributed by atoms with van der Waals surface area (Å²) in [6, 6.07) is 17.4. The smallest absolute Gasteiger partial charge is 0.425 e. The van der Waals surface area contributed by atoms with E-state index in [1.807, 2.05) is 54.6 Å². The van der Waals surface area contributed by atoms with Crippen molar-refractivity contribution in [1.29, 1.82) is 0 Å². The summed E-state index contributed by atoms with van der Waals surface area (Å²) in [5.41, 5.74) is 2.66. The Balaban J connectivity index is 0.000000892. The fraction of sp³-hybridized carbons (Fsp3) is 0.211. The number of esters is 1. The van der Waals surface area contributed by atoms with Gasteiger partial charge in [0.15, 0.2) is 0 Å². The van der Waals surface area contributed by atoms with Crippen LogP contribution in [0.15, 0.2) is 77.5 Å². The second kappa shape index (κ2) is 12.9. The van der Waals surface area contributed by atoms with Crippen molar-refractivity contribution in [3.05, 3.63) is 67.3 Å². The maximum absolute atomic E-state index is 11.1. The lowest BCUT2D eigenvalue weighted by atomic mass is 10.2. The van der Waals surface area contributed by atoms with Crippen molar-refractivity contribution < 1.29 is 22.2 Å². The molecule has 2 aromatic carbocycles. The van der Waals surface area contributed by atoms with Crippen molar-refractivity contribution in [3.63, 3.8) is 0 Å². The Morgan fingerprint density at radius 3 is 2.07 bits per heavy atom. The van der Waals surface area contributed by atoms with Crippen LogP contribution in [-0.4, -0.2) is 38.3 Å². The van der Waals surface area contributed by atoms with Gasteiger partial charge in [-0.3, -0.25) is 0 Å². The monoisotopic (exact) mass is 403 g/mol. The Kier molecular flexibility index (Phi) is 10.5. The molecule has 9 heteroatoms. The Hall–Kier alpha value is -3.33. The minimum Gasteiger partial charge on any atom is -0.461 e. The van der Waals surface area contributed by atoms with E-state index < -0.39 is 16.6 Å². The topological polar surface area (TPSA) is 105 Å². The van der Waals surface area contributed by atoms with Crippen LogP contribution in [0.4, 0.5) is 17.1 Å². The van der Waals surface area contributed by atoms with Crippen LogP contribution in [-0.2, 0) is 20.1 Å². The molecule has 0 amide bonds. The average molecular weight is 403 g/mol. The number of hydrogen-bond acceptors (Lipinski definition) is 8. The predicted molar refractivity (Wildman–Crippen MR) is 106 cm³/mol. The quantitative estimate of drug-likeness (QED) is 0.378. The summed E-state index contributed by atoms with van der Waals surface area (Å²) < 4.78 is 30.4. The maximum Gasteiger partial charge on any atom is 0.425 e. The summed E-state index contributed by atoms with van der Waals surface area (Å²) in [4.78, 5) is 13.2. The number of likely N-dealkylation sites (N-methyl/N-ethyl adjacent to an activating group) is 1. The van der Waals surface area contributed by atoms with Gasteiger partial charge in [0.1, 0.15) is 6.61 Å². The zero-order valence-corrected chi connectivity index (χ0v) is 16.2. The number of ether oxygens (including phenoxy) is 1. The Morgan fingerprint density at radius 2 is 1.57 bits per heavy atom. The standard InChI is InChI=1S/C19H21N3O2.O3S/c1-3-19(23)24-15-14-22(4-2)18-12-10-17(11-13-18)21-20-16-8-6-5-7-9-16;1-4(2)3/h3,5-13H,1,4,14-15H2,2H3;. The molecule has 0 fully saturated rings. The van der Waals surface area contributed by atoms with E-state index in [4.69, 9.17) is 17.4 Å². The first-order valence-electron chi connectivity index (χ1n) is 8.34. The van der Waals surface area contributed by atoms with Crippen LogP contribution in [0.3, 0.4) is 0 Å². The Labute approximate surface area is 165 Å². The lowest BCUT2D eigenvalue weighted by Gasteiger charge is -2.22. The molecule has 0 bridgehead atoms. The zero-order chi connectivity index (χ0) is 20.8. The van der Waals surface area contributed by atoms with Gasteiger partial charge in [0.25, 0.3) is 0 Å². The third-order valence-electron chi connectivity index (χ3n) is 3.41. The number of azo groups is 1. The molecule has 2 rings (SSSR count). The van der Waals surface area contributed by atoms with Gasteiger partial charge in [-0.2, -0.15) is 10.2 Å². The zero-order valence-electron chi connectivity index (χ0n) is 15.4. The van der Waals surface area contributed by atoms with Crippen LogP contribution in [0, 0.1) is 0 Å². The molecule has 0 aromatic heterocycles. The van der Waals surface area contributed by atoms with Crippen molar-refractivity contribution in [3.8, 4) is 0 Å². The van der Waals surface area contributed by atoms with Gasteiger partial charge < -0.3 is 9.64 Å². The number of rotatable bonds is 8. The fourth-order valence-corrected chi connectivity index (χ4v) is 2.13. The lowest BCUT2D eigenvalue weighted by Crippen LogP contribution is -2.27. The highest BCUT2D eigenvalue weighted by molar-refractivity contribution is 7.59. The van der Waals surface area contributed by atoms with Gasteiger partial charge in [0.2, 0.25) is 0 Å². The third kappa shape index (κ3) is 9.39. The van der Waals surface area contributed by atoms with Gasteiger partial charge in [-0.1, -0.05) is 24.8 Å². The second-order valence-corrected chi connectivity index (χ2v) is 5.62. The van der Waals surface area contributed by atoms with Crippen LogP contribution in [0.2, 0.25) is 0 Å². The number of carbonyl (C=O) groups is 1. The van der Waals surface area contributed by atoms with E-state index in [0.717, 1.165) is 23.6 Å². The number of hydrogen-bond donors (Lipinski definition) is 0. The Morgan fingerprint density at radius 1 is 1.04 bits per heavy atom. The van der Waals surface area contributed by atoms with Crippen LogP contribution < -0.4 is 4.90 Å². The van der Waals surface area contributed by atoms with Gasteiger partial charge in [-0.15, -0.1) is 12.6 Å². The fourth-order valence-electron chi connectivity index (χ4n) is 2.13. The molecule has 28 heavy (non-hydrogen) atoms. The molecular weight excluding hydrogens is 382 g/mol. The molecule has 0 saturated carbocycles. The van der Waals surface area contributed by atoms with E-state index in [1.54, 1.807) is 0 Å². The highest BCUT2D eigenvalue weighted by Crippen LogP contribution is 2.22. The molecule has 148 valence electrons. The van der Waals surface area contributed by atoms with Gasteiger partial charge in [0.05, 0.1) is 17.9 Å². The summed E-state index contributed by atoms with van der Waals surface area (Å²) >= 11 is 0. The number of benzene rings is 2. The second-order valence-electron chi connectivity index (χ2n) is 5.21. The molecular formula is C19H21N3O5S. The largest absolute Gasteiger partial charge is 0.461 e. The van der Waals surface area contributed by atoms with Gasteiger partial charge in [0, 0.05) is 18.3 Å². The third-order valence-corrected chi connectivity index (χ3v) is 3.41. The van der Waals surface area contributed by atoms with E-state index in [9.17, 15) is 4.79 Å². The van der Waals surface area contributed by atoms with E-state index in [2.05, 4.69) is 28.6 Å². The molecule has 0 heterocycles. The molecule has 0 aliphatic heterocycles. The lowest BCUT2D eigenvalue weighted by molar-refractivity contribution is -0.137. The van der Waals surface area contributed by atoms with Gasteiger partial charge in [-0.25, -0.2) is 4.79 Å². The predicted octanol–water partition coefficient (Wildman–Crippen LogP) is 3.65. The van der Waals surface area contributed by atoms with Crippen molar-refractivity contribution in [2.45, 2.75) is 6.92 Å². The normalized spacial score (nSPS) is 9.89. The summed E-state index contributed by atoms with van der Waals surface area (Å²) in [7, 11) is -3.11. The van der Waals surface area contributed by atoms with Crippen molar-refractivity contribution in [2.75, 3.05) is 24.6 Å². The molecule has 0 aliphatic carbocycles. The molecule has 0 spiro atoms. The number of anilines is 1. The van der Waals surface area contributed by atoms with Crippen LogP contribution in [0.1, 0.15) is 6.92 Å². The molecule has 0 aliphatic rings. The summed E-state index contributed by atoms with van der Waals surface area (Å²) in [6.45, 7) is 7.20. The number of nitrogens with zero attached hydrogens (tertiary/aromatic N) is 3. The molecule has 8 nitrogen and oxygen atoms in total. The Bertz CT molecular complexity index is 875. The molecule has 0 atom stereocenters. The highest BCUT2D eigenvalue weighted by atomic mass is 32.2. The molecule has 2 aromatic rings. The van der Waals surface area contributed by atoms with Crippen LogP contribution >= 0.6 is 0 Å². The van der Waals surface area contributed by atoms with Crippen molar-refractivity contribution in [1.82, 2.24) is 0 Å². The van der Waals surface area contributed by atoms with Gasteiger partial charge >= 0.3 is 16.6 Å². The molecule has 0 N–H and O–H groups in total. The van der Waals surface area contributed by atoms with E-state index in [-0.39, 0.29) is 0 Å². The molecule has 0 unspecified atom stereocenters. The van der Waals surface area contributed by atoms with E-state index >= 15 is 0 Å². The van der Waals surface area contributed by atoms with Gasteiger partial charge in [-0.05, 0) is 43.3 Å². The van der Waals surface area contributed by atoms with Crippen molar-refractivity contribution in [2.24, 2.45) is 10.2 Å². The summed E-state index contributed by atoms with van der Waals surface area (Å²) in [5.74, 6) is -0.400. The first kappa shape index (κ1) is 22.7. The van der Waals surface area contributed by atoms with Crippen LogP contribution in [0.25, 0.3) is 0 Å². The molecule has 0 radical (unpaired) electrons. The number of carbonyl (C=O) groups excluding carboxylic acids is 1. The summed E-state index contributed by atoms with van der Waals surface area (Å²) in [6.07, 6.45) is 1.17. The first-order valence-corrected chi connectivity index (χ1v) is 9.34. The highest BCUT2D eigenvalue weighted by Gasteiger charge is 2.05. The minimum atomic E-state index is -3.11. The van der Waals surface area contributed by atoms with E-state index in [0.29, 0.717) is 13.2 Å². The maximum atomic E-state index is 11.1. The van der Waals surface area contributed by atoms with E-state index in [1.165, 1.54) is 6.08 Å². The molecule has 0 saturated heterocycles. The van der Waals surface area contributed by atoms with Crippen LogP contribution in [0.5, 0.6) is 0 Å². The van der Waals surface area contributed by atoms with Crippen molar-refractivity contribution >= 4 is 33.6 Å². The first-order chi connectivity index (χ1) is 13.5. The average Bonchev–Trinajstić information content (AvgIpc) is 2.70. The SMILES string of the molecule is C=CC(=O)OCCN(CC)c1ccc(N=Nc2ccccc2)cc1.O=S(=O)=O.